The van der Waals surface area contributed by atoms with Crippen LogP contribution in [0.2, 0.25) is 0 Å². The van der Waals surface area contributed by atoms with Gasteiger partial charge in [0.1, 0.15) is 17.5 Å². The highest BCUT2D eigenvalue weighted by molar-refractivity contribution is 6.00. The molecule has 0 aromatic heterocycles. The first-order valence-electron chi connectivity index (χ1n) is 15.7. The van der Waals surface area contributed by atoms with Gasteiger partial charge in [0.15, 0.2) is 5.78 Å². The molecule has 6 nitrogen and oxygen atoms in total. The fourth-order valence-corrected chi connectivity index (χ4v) is 6.08. The summed E-state index contributed by atoms with van der Waals surface area (Å²) in [6.07, 6.45) is 6.34. The number of rotatable bonds is 8. The number of nitrogens with zero attached hydrogens (tertiary/aromatic N) is 2. The molecular weight excluding hydrogens is 524 g/mol. The van der Waals surface area contributed by atoms with Crippen molar-refractivity contribution in [2.24, 2.45) is 5.92 Å². The number of fused-ring (bicyclic) bond motifs is 1. The maximum Gasteiger partial charge on any atom is 0.410 e. The Balaban J connectivity index is 1.08. The quantitative estimate of drug-likeness (QED) is 0.256. The van der Waals surface area contributed by atoms with E-state index in [9.17, 15) is 9.59 Å². The van der Waals surface area contributed by atoms with E-state index in [1.807, 2.05) is 49.9 Å². The molecule has 0 radical (unpaired) electrons. The first kappa shape index (κ1) is 29.9. The number of benzene rings is 3. The van der Waals surface area contributed by atoms with Crippen LogP contribution >= 0.6 is 0 Å². The topological polar surface area (TPSA) is 59.1 Å². The van der Waals surface area contributed by atoms with Gasteiger partial charge < -0.3 is 19.3 Å². The van der Waals surface area contributed by atoms with Gasteiger partial charge in [0.2, 0.25) is 0 Å². The number of ether oxygens (including phenoxy) is 2. The molecule has 0 N–H and O–H groups in total. The maximum atomic E-state index is 13.1. The van der Waals surface area contributed by atoms with Gasteiger partial charge in [-0.25, -0.2) is 4.79 Å². The highest BCUT2D eigenvalue weighted by Crippen LogP contribution is 2.28. The third-order valence-corrected chi connectivity index (χ3v) is 8.56. The van der Waals surface area contributed by atoms with Gasteiger partial charge in [-0.05, 0) is 100 Å². The summed E-state index contributed by atoms with van der Waals surface area (Å²) in [4.78, 5) is 29.6. The zero-order valence-corrected chi connectivity index (χ0v) is 25.7. The third-order valence-electron chi connectivity index (χ3n) is 8.56. The zero-order valence-electron chi connectivity index (χ0n) is 25.7. The van der Waals surface area contributed by atoms with Gasteiger partial charge in [0.25, 0.3) is 0 Å². The van der Waals surface area contributed by atoms with Crippen LogP contribution in [0.25, 0.3) is 10.8 Å². The Bertz CT molecular complexity index is 1360. The molecule has 6 heteroatoms. The summed E-state index contributed by atoms with van der Waals surface area (Å²) < 4.78 is 11.9. The summed E-state index contributed by atoms with van der Waals surface area (Å²) in [7, 11) is 0. The molecule has 3 aromatic rings. The van der Waals surface area contributed by atoms with Gasteiger partial charge in [0, 0.05) is 56.7 Å². The number of carbonyl (C=O) groups excluding carboxylic acids is 2. The van der Waals surface area contributed by atoms with Crippen molar-refractivity contribution in [3.05, 3.63) is 71.8 Å². The number of ketones is 1. The number of amides is 1. The average Bonchev–Trinajstić information content (AvgIpc) is 2.97. The lowest BCUT2D eigenvalue weighted by molar-refractivity contribution is 0.0181. The minimum absolute atomic E-state index is 0.192. The SMILES string of the molecule is Cc1ccc(N2CCC(Oc3ccc4ccc(C(=O)CCCC5CCN(C(=O)OC(C)(C)C)CC5)cc4c3)CC2)cc1. The van der Waals surface area contributed by atoms with Crippen molar-refractivity contribution < 1.29 is 19.1 Å². The largest absolute Gasteiger partial charge is 0.490 e. The van der Waals surface area contributed by atoms with Crippen LogP contribution in [0.4, 0.5) is 10.5 Å². The molecule has 0 unspecified atom stereocenters. The van der Waals surface area contributed by atoms with E-state index < -0.39 is 5.60 Å². The lowest BCUT2D eigenvalue weighted by Gasteiger charge is -2.33. The van der Waals surface area contributed by atoms with Crippen molar-refractivity contribution in [1.29, 1.82) is 0 Å². The van der Waals surface area contributed by atoms with E-state index in [1.165, 1.54) is 11.3 Å². The summed E-state index contributed by atoms with van der Waals surface area (Å²) in [5.74, 6) is 1.62. The predicted molar refractivity (Wildman–Crippen MR) is 170 cm³/mol. The van der Waals surface area contributed by atoms with E-state index in [0.717, 1.165) is 86.8 Å². The molecule has 1 amide bonds. The van der Waals surface area contributed by atoms with Gasteiger partial charge in [-0.3, -0.25) is 4.79 Å². The molecule has 0 saturated carbocycles. The second-order valence-electron chi connectivity index (χ2n) is 13.1. The van der Waals surface area contributed by atoms with Crippen molar-refractivity contribution in [1.82, 2.24) is 4.90 Å². The van der Waals surface area contributed by atoms with Crippen LogP contribution in [0.1, 0.15) is 81.6 Å². The van der Waals surface area contributed by atoms with Crippen LogP contribution in [0, 0.1) is 12.8 Å². The third kappa shape index (κ3) is 8.05. The van der Waals surface area contributed by atoms with Crippen LogP contribution in [0.5, 0.6) is 5.75 Å². The normalized spacial score (nSPS) is 17.0. The monoisotopic (exact) mass is 570 g/mol. The molecule has 0 bridgehead atoms. The fraction of sp³-hybridized carbons (Fsp3) is 0.500. The number of piperidine rings is 2. The van der Waals surface area contributed by atoms with Gasteiger partial charge in [-0.1, -0.05) is 35.9 Å². The van der Waals surface area contributed by atoms with Crippen LogP contribution in [-0.4, -0.2) is 54.7 Å². The molecule has 0 aliphatic carbocycles. The Morgan fingerprint density at radius 3 is 2.21 bits per heavy atom. The molecule has 0 spiro atoms. The van der Waals surface area contributed by atoms with E-state index >= 15 is 0 Å². The summed E-state index contributed by atoms with van der Waals surface area (Å²) in [6, 6.07) is 21.0. The minimum atomic E-state index is -0.467. The smallest absolute Gasteiger partial charge is 0.410 e. The zero-order chi connectivity index (χ0) is 29.7. The Hall–Kier alpha value is -3.54. The minimum Gasteiger partial charge on any atom is -0.490 e. The number of aryl methyl sites for hydroxylation is 1. The summed E-state index contributed by atoms with van der Waals surface area (Å²) >= 11 is 0. The lowest BCUT2D eigenvalue weighted by Crippen LogP contribution is -2.41. The fourth-order valence-electron chi connectivity index (χ4n) is 6.08. The van der Waals surface area contributed by atoms with E-state index in [2.05, 4.69) is 48.2 Å². The van der Waals surface area contributed by atoms with E-state index in [-0.39, 0.29) is 18.0 Å². The summed E-state index contributed by atoms with van der Waals surface area (Å²) in [6.45, 7) is 11.3. The molecular formula is C36H46N2O4. The number of anilines is 1. The molecule has 0 atom stereocenters. The molecule has 2 aliphatic rings. The number of hydrogen-bond acceptors (Lipinski definition) is 5. The summed E-state index contributed by atoms with van der Waals surface area (Å²) in [5, 5.41) is 2.16. The Morgan fingerprint density at radius 1 is 0.833 bits per heavy atom. The van der Waals surface area contributed by atoms with Crippen molar-refractivity contribution >= 4 is 28.3 Å². The number of carbonyl (C=O) groups is 2. The Labute approximate surface area is 251 Å². The highest BCUT2D eigenvalue weighted by Gasteiger charge is 2.27. The van der Waals surface area contributed by atoms with Gasteiger partial charge >= 0.3 is 6.09 Å². The molecule has 2 heterocycles. The molecule has 2 aliphatic heterocycles. The van der Waals surface area contributed by atoms with Crippen molar-refractivity contribution in [3.8, 4) is 5.75 Å². The predicted octanol–water partition coefficient (Wildman–Crippen LogP) is 8.20. The van der Waals surface area contributed by atoms with Gasteiger partial charge in [-0.15, -0.1) is 0 Å². The van der Waals surface area contributed by atoms with E-state index in [1.54, 1.807) is 0 Å². The van der Waals surface area contributed by atoms with Crippen LogP contribution in [-0.2, 0) is 4.74 Å². The van der Waals surface area contributed by atoms with Crippen molar-refractivity contribution in [2.45, 2.75) is 84.3 Å². The Morgan fingerprint density at radius 2 is 1.52 bits per heavy atom. The first-order valence-corrected chi connectivity index (χ1v) is 15.7. The Kier molecular flexibility index (Phi) is 9.40. The summed E-state index contributed by atoms with van der Waals surface area (Å²) in [5.41, 5.74) is 2.87. The number of Topliss-reactive ketones (excluding diaryl/α,β-unsaturated/α-hetero) is 1. The number of likely N-dealkylation sites (tertiary alicyclic amines) is 1. The molecule has 3 aromatic carbocycles. The van der Waals surface area contributed by atoms with Crippen LogP contribution < -0.4 is 9.64 Å². The van der Waals surface area contributed by atoms with Crippen molar-refractivity contribution in [2.75, 3.05) is 31.1 Å². The lowest BCUT2D eigenvalue weighted by atomic mass is 9.90. The maximum absolute atomic E-state index is 13.1. The van der Waals surface area contributed by atoms with Crippen LogP contribution in [0.15, 0.2) is 60.7 Å². The second kappa shape index (κ2) is 13.2. The second-order valence-corrected chi connectivity index (χ2v) is 13.1. The average molecular weight is 571 g/mol. The van der Waals surface area contributed by atoms with E-state index in [4.69, 9.17) is 9.47 Å². The van der Waals surface area contributed by atoms with Crippen molar-refractivity contribution in [3.63, 3.8) is 0 Å². The molecule has 2 saturated heterocycles. The van der Waals surface area contributed by atoms with E-state index in [0.29, 0.717) is 12.3 Å². The molecule has 2 fully saturated rings. The number of hydrogen-bond donors (Lipinski definition) is 0. The highest BCUT2D eigenvalue weighted by atomic mass is 16.6. The molecule has 5 rings (SSSR count). The van der Waals surface area contributed by atoms with Crippen LogP contribution in [0.3, 0.4) is 0 Å². The molecule has 42 heavy (non-hydrogen) atoms. The molecule has 224 valence electrons. The van der Waals surface area contributed by atoms with Gasteiger partial charge in [-0.2, -0.15) is 0 Å². The van der Waals surface area contributed by atoms with Gasteiger partial charge in [0.05, 0.1) is 0 Å². The first-order chi connectivity index (χ1) is 20.1. The standard InChI is InChI=1S/C36H46N2O4/c1-26-8-13-31(14-9-26)37-22-18-32(19-23-37)41-33-15-12-28-10-11-29(24-30(28)25-33)34(39)7-5-6-27-16-20-38(21-17-27)35(40)42-36(2,3)4/h8-15,24-25,27,32H,5-7,16-23H2,1-4H3.